The average Bonchev–Trinajstić information content (AvgIpc) is 2.80. The number of rotatable bonds is 7. The molecule has 6 nitrogen and oxygen atoms in total. The molecule has 2 atom stereocenters. The van der Waals surface area contributed by atoms with Gasteiger partial charge in [0.25, 0.3) is 0 Å². The van der Waals surface area contributed by atoms with Crippen molar-refractivity contribution in [2.75, 3.05) is 19.6 Å². The van der Waals surface area contributed by atoms with E-state index in [1.807, 2.05) is 13.8 Å². The van der Waals surface area contributed by atoms with Gasteiger partial charge in [-0.05, 0) is 39.3 Å². The van der Waals surface area contributed by atoms with Crippen LogP contribution in [0.5, 0.6) is 0 Å². The minimum atomic E-state index is -0.982. The largest absolute Gasteiger partial charge is 0.480 e. The second-order valence-electron chi connectivity index (χ2n) is 5.21. The third-order valence-electron chi connectivity index (χ3n) is 3.29. The van der Waals surface area contributed by atoms with E-state index >= 15 is 0 Å². The first kappa shape index (κ1) is 15.8. The highest BCUT2D eigenvalue weighted by molar-refractivity contribution is 5.82. The van der Waals surface area contributed by atoms with Gasteiger partial charge < -0.3 is 20.6 Å². The fraction of sp³-hybridized carbons (Fsp3) is 0.846. The van der Waals surface area contributed by atoms with Gasteiger partial charge in [0.1, 0.15) is 6.04 Å². The Morgan fingerprint density at radius 3 is 2.42 bits per heavy atom. The lowest BCUT2D eigenvalue weighted by Crippen LogP contribution is -2.50. The Balaban J connectivity index is 2.29. The number of likely N-dealkylation sites (tertiary alicyclic amines) is 1. The maximum absolute atomic E-state index is 11.7. The summed E-state index contributed by atoms with van der Waals surface area (Å²) in [6, 6.07) is -1.18. The molecule has 6 heteroatoms. The van der Waals surface area contributed by atoms with Crippen LogP contribution in [-0.4, -0.2) is 53.7 Å². The van der Waals surface area contributed by atoms with E-state index in [9.17, 15) is 9.59 Å². The molecule has 19 heavy (non-hydrogen) atoms. The molecule has 0 saturated carbocycles. The van der Waals surface area contributed by atoms with Crippen molar-refractivity contribution in [2.45, 2.75) is 51.6 Å². The highest BCUT2D eigenvalue weighted by atomic mass is 16.4. The molecule has 1 rings (SSSR count). The van der Waals surface area contributed by atoms with Crippen LogP contribution in [0, 0.1) is 0 Å². The second kappa shape index (κ2) is 7.99. The van der Waals surface area contributed by atoms with E-state index in [1.54, 1.807) is 0 Å². The van der Waals surface area contributed by atoms with Crippen LogP contribution in [0.25, 0.3) is 0 Å². The monoisotopic (exact) mass is 271 g/mol. The van der Waals surface area contributed by atoms with Gasteiger partial charge in [-0.3, -0.25) is 0 Å². The summed E-state index contributed by atoms with van der Waals surface area (Å²) in [5, 5.41) is 14.3. The van der Waals surface area contributed by atoms with Crippen molar-refractivity contribution < 1.29 is 14.7 Å². The number of aliphatic carboxylic acids is 1. The highest BCUT2D eigenvalue weighted by Crippen LogP contribution is 2.07. The number of hydrogen-bond acceptors (Lipinski definition) is 3. The molecule has 1 heterocycles. The molecule has 110 valence electrons. The summed E-state index contributed by atoms with van der Waals surface area (Å²) < 4.78 is 0. The van der Waals surface area contributed by atoms with Gasteiger partial charge >= 0.3 is 12.0 Å². The lowest BCUT2D eigenvalue weighted by atomic mass is 10.2. The van der Waals surface area contributed by atoms with Crippen molar-refractivity contribution in [3.63, 3.8) is 0 Å². The van der Waals surface area contributed by atoms with Crippen LogP contribution < -0.4 is 10.6 Å². The first-order valence-corrected chi connectivity index (χ1v) is 7.05. The summed E-state index contributed by atoms with van der Waals surface area (Å²) in [6.07, 6.45) is 3.61. The van der Waals surface area contributed by atoms with Gasteiger partial charge in [-0.2, -0.15) is 0 Å². The smallest absolute Gasteiger partial charge is 0.326 e. The Labute approximate surface area is 114 Å². The molecule has 0 aliphatic carbocycles. The van der Waals surface area contributed by atoms with E-state index in [0.717, 1.165) is 26.1 Å². The molecule has 3 N–H and O–H groups in total. The van der Waals surface area contributed by atoms with Crippen molar-refractivity contribution in [2.24, 2.45) is 0 Å². The van der Waals surface area contributed by atoms with Gasteiger partial charge in [-0.25, -0.2) is 9.59 Å². The zero-order valence-electron chi connectivity index (χ0n) is 11.8. The molecular formula is C13H25N3O3. The van der Waals surface area contributed by atoms with Gasteiger partial charge in [-0.1, -0.05) is 13.3 Å². The second-order valence-corrected chi connectivity index (χ2v) is 5.21. The fourth-order valence-corrected chi connectivity index (χ4v) is 2.37. The van der Waals surface area contributed by atoms with Gasteiger partial charge in [0, 0.05) is 12.6 Å². The molecule has 1 saturated heterocycles. The summed E-state index contributed by atoms with van der Waals surface area (Å²) in [7, 11) is 0. The molecule has 1 aliphatic rings. The summed E-state index contributed by atoms with van der Waals surface area (Å²) in [5.74, 6) is -0.982. The number of carboxylic acids is 1. The number of carbonyl (C=O) groups is 2. The summed E-state index contributed by atoms with van der Waals surface area (Å²) >= 11 is 0. The SMILES string of the molecule is CCC[C@H](NC(=O)NC(C)CN1CCCC1)C(=O)O. The zero-order valence-corrected chi connectivity index (χ0v) is 11.8. The molecule has 1 fully saturated rings. The quantitative estimate of drug-likeness (QED) is 0.646. The van der Waals surface area contributed by atoms with Gasteiger partial charge in [0.15, 0.2) is 0 Å². The molecule has 0 bridgehead atoms. The Kier molecular flexibility index (Phi) is 6.62. The summed E-state index contributed by atoms with van der Waals surface area (Å²) in [6.45, 7) is 6.82. The van der Waals surface area contributed by atoms with Crippen LogP contribution in [0.4, 0.5) is 4.79 Å². The maximum atomic E-state index is 11.7. The van der Waals surface area contributed by atoms with Gasteiger partial charge in [-0.15, -0.1) is 0 Å². The molecule has 0 aromatic rings. The van der Waals surface area contributed by atoms with E-state index in [1.165, 1.54) is 12.8 Å². The lowest BCUT2D eigenvalue weighted by molar-refractivity contribution is -0.139. The summed E-state index contributed by atoms with van der Waals surface area (Å²) in [4.78, 5) is 25.0. The van der Waals surface area contributed by atoms with Crippen molar-refractivity contribution in [1.82, 2.24) is 15.5 Å². The molecule has 0 aromatic carbocycles. The Hall–Kier alpha value is -1.30. The van der Waals surface area contributed by atoms with Crippen molar-refractivity contribution in [1.29, 1.82) is 0 Å². The van der Waals surface area contributed by atoms with Crippen LogP contribution in [0.2, 0.25) is 0 Å². The Morgan fingerprint density at radius 1 is 1.26 bits per heavy atom. The Bertz CT molecular complexity index is 304. The minimum absolute atomic E-state index is 0.0224. The molecule has 1 unspecified atom stereocenters. The predicted molar refractivity (Wildman–Crippen MR) is 73.1 cm³/mol. The van der Waals surface area contributed by atoms with Crippen molar-refractivity contribution in [3.8, 4) is 0 Å². The molecule has 2 amide bonds. The zero-order chi connectivity index (χ0) is 14.3. The maximum Gasteiger partial charge on any atom is 0.326 e. The molecule has 1 aliphatic heterocycles. The van der Waals surface area contributed by atoms with Crippen LogP contribution >= 0.6 is 0 Å². The van der Waals surface area contributed by atoms with Crippen LogP contribution in [0.15, 0.2) is 0 Å². The van der Waals surface area contributed by atoms with E-state index in [4.69, 9.17) is 5.11 Å². The predicted octanol–water partition coefficient (Wildman–Crippen LogP) is 1.02. The minimum Gasteiger partial charge on any atom is -0.480 e. The summed E-state index contributed by atoms with van der Waals surface area (Å²) in [5.41, 5.74) is 0. The van der Waals surface area contributed by atoms with Crippen molar-refractivity contribution in [3.05, 3.63) is 0 Å². The van der Waals surface area contributed by atoms with E-state index in [2.05, 4.69) is 15.5 Å². The third-order valence-corrected chi connectivity index (χ3v) is 3.29. The van der Waals surface area contributed by atoms with Gasteiger partial charge in [0.05, 0.1) is 0 Å². The normalized spacial score (nSPS) is 18.8. The van der Waals surface area contributed by atoms with Gasteiger partial charge in [0.2, 0.25) is 0 Å². The first-order chi connectivity index (χ1) is 9.02. The molecule has 0 radical (unpaired) electrons. The number of hydrogen-bond donors (Lipinski definition) is 3. The van der Waals surface area contributed by atoms with Crippen molar-refractivity contribution >= 4 is 12.0 Å². The topological polar surface area (TPSA) is 81.7 Å². The number of carbonyl (C=O) groups excluding carboxylic acids is 1. The third kappa shape index (κ3) is 5.92. The molecule has 0 aromatic heterocycles. The average molecular weight is 271 g/mol. The lowest BCUT2D eigenvalue weighted by Gasteiger charge is -2.22. The highest BCUT2D eigenvalue weighted by Gasteiger charge is 2.20. The van der Waals surface area contributed by atoms with Crippen LogP contribution in [-0.2, 0) is 4.79 Å². The fourth-order valence-electron chi connectivity index (χ4n) is 2.37. The number of carboxylic acid groups (broad SMARTS) is 1. The first-order valence-electron chi connectivity index (χ1n) is 7.05. The van der Waals surface area contributed by atoms with Crippen LogP contribution in [0.3, 0.4) is 0 Å². The number of urea groups is 1. The number of nitrogens with zero attached hydrogens (tertiary/aromatic N) is 1. The standard InChI is InChI=1S/C13H25N3O3/c1-3-6-11(12(17)18)15-13(19)14-10(2)9-16-7-4-5-8-16/h10-11H,3-9H2,1-2H3,(H,17,18)(H2,14,15,19)/t10?,11-/m0/s1. The molecular weight excluding hydrogens is 246 g/mol. The number of amides is 2. The molecule has 0 spiro atoms. The Morgan fingerprint density at radius 2 is 1.89 bits per heavy atom. The number of nitrogens with one attached hydrogen (secondary N) is 2. The van der Waals surface area contributed by atoms with Crippen LogP contribution in [0.1, 0.15) is 39.5 Å². The van der Waals surface area contributed by atoms with E-state index in [-0.39, 0.29) is 6.04 Å². The van der Waals surface area contributed by atoms with E-state index in [0.29, 0.717) is 6.42 Å². The van der Waals surface area contributed by atoms with E-state index < -0.39 is 18.0 Å².